The first-order chi connectivity index (χ1) is 14.1. The molecule has 2 aliphatic heterocycles. The molecule has 2 N–H and O–H groups in total. The Bertz CT molecular complexity index is 768. The zero-order chi connectivity index (χ0) is 20.6. The zero-order valence-corrected chi connectivity index (χ0v) is 17.2. The normalized spacial score (nSPS) is 21.2. The number of rotatable bonds is 7. The van der Waals surface area contributed by atoms with Crippen molar-refractivity contribution in [2.24, 2.45) is 0 Å². The molecular formula is C22H30N4O3. The van der Waals surface area contributed by atoms with Crippen molar-refractivity contribution in [2.45, 2.75) is 19.9 Å². The van der Waals surface area contributed by atoms with E-state index in [2.05, 4.69) is 44.7 Å². The van der Waals surface area contributed by atoms with E-state index in [-0.39, 0.29) is 18.0 Å². The van der Waals surface area contributed by atoms with Gasteiger partial charge >= 0.3 is 12.0 Å². The van der Waals surface area contributed by atoms with Gasteiger partial charge in [-0.25, -0.2) is 9.59 Å². The molecule has 0 radical (unpaired) electrons. The van der Waals surface area contributed by atoms with Gasteiger partial charge in [-0.1, -0.05) is 42.5 Å². The second-order valence-corrected chi connectivity index (χ2v) is 7.32. The van der Waals surface area contributed by atoms with Gasteiger partial charge in [-0.05, 0) is 19.4 Å². The molecule has 7 nitrogen and oxygen atoms in total. The van der Waals surface area contributed by atoms with Crippen molar-refractivity contribution in [1.82, 2.24) is 20.4 Å². The number of esters is 1. The smallest absolute Gasteiger partial charge is 0.337 e. The van der Waals surface area contributed by atoms with Gasteiger partial charge in [0.05, 0.1) is 18.2 Å². The van der Waals surface area contributed by atoms with Crippen LogP contribution in [0.25, 0.3) is 6.08 Å². The van der Waals surface area contributed by atoms with Crippen molar-refractivity contribution < 1.29 is 14.3 Å². The Morgan fingerprint density at radius 3 is 2.55 bits per heavy atom. The fourth-order valence-corrected chi connectivity index (χ4v) is 3.66. The number of urea groups is 1. The van der Waals surface area contributed by atoms with E-state index < -0.39 is 0 Å². The summed E-state index contributed by atoms with van der Waals surface area (Å²) in [6, 6.07) is 9.66. The fraction of sp³-hybridized carbons (Fsp3) is 0.455. The molecule has 1 unspecified atom stereocenters. The summed E-state index contributed by atoms with van der Waals surface area (Å²) in [6.07, 6.45) is 4.34. The SMILES string of the molecule is CCOC(=O)C1=C(CN2CCN(C/C=C/c3ccccc3)CC2)NC(=O)NC1C. The molecule has 3 rings (SSSR count). The Hall–Kier alpha value is -2.64. The van der Waals surface area contributed by atoms with E-state index in [0.29, 0.717) is 24.4 Å². The van der Waals surface area contributed by atoms with E-state index >= 15 is 0 Å². The van der Waals surface area contributed by atoms with Gasteiger partial charge in [-0.2, -0.15) is 0 Å². The van der Waals surface area contributed by atoms with Crippen LogP contribution >= 0.6 is 0 Å². The molecule has 7 heteroatoms. The first kappa shape index (κ1) is 21.1. The first-order valence-corrected chi connectivity index (χ1v) is 10.2. The van der Waals surface area contributed by atoms with E-state index in [1.165, 1.54) is 5.56 Å². The van der Waals surface area contributed by atoms with Gasteiger partial charge in [-0.3, -0.25) is 9.80 Å². The van der Waals surface area contributed by atoms with Gasteiger partial charge in [0.15, 0.2) is 0 Å². The van der Waals surface area contributed by atoms with Gasteiger partial charge in [-0.15, -0.1) is 0 Å². The molecule has 1 saturated heterocycles. The lowest BCUT2D eigenvalue weighted by atomic mass is 10.0. The number of nitrogens with zero attached hydrogens (tertiary/aromatic N) is 2. The highest BCUT2D eigenvalue weighted by Crippen LogP contribution is 2.16. The average molecular weight is 399 g/mol. The summed E-state index contributed by atoms with van der Waals surface area (Å²) in [4.78, 5) is 28.9. The molecule has 0 bridgehead atoms. The van der Waals surface area contributed by atoms with E-state index in [1.54, 1.807) is 6.92 Å². The highest BCUT2D eigenvalue weighted by atomic mass is 16.5. The number of benzene rings is 1. The minimum Gasteiger partial charge on any atom is -0.463 e. The number of nitrogens with one attached hydrogen (secondary N) is 2. The lowest BCUT2D eigenvalue weighted by Gasteiger charge is -2.36. The van der Waals surface area contributed by atoms with E-state index in [0.717, 1.165) is 32.7 Å². The summed E-state index contributed by atoms with van der Waals surface area (Å²) < 4.78 is 5.18. The highest BCUT2D eigenvalue weighted by Gasteiger charge is 2.31. The number of hydrogen-bond donors (Lipinski definition) is 2. The summed E-state index contributed by atoms with van der Waals surface area (Å²) in [6.45, 7) is 9.02. The van der Waals surface area contributed by atoms with Crippen LogP contribution in [0, 0.1) is 0 Å². The Morgan fingerprint density at radius 1 is 1.17 bits per heavy atom. The number of carbonyl (C=O) groups is 2. The molecule has 2 aliphatic rings. The Balaban J connectivity index is 1.54. The molecule has 1 aromatic carbocycles. The van der Waals surface area contributed by atoms with Crippen LogP contribution in [0.4, 0.5) is 4.79 Å². The minimum absolute atomic E-state index is 0.273. The number of hydrogen-bond acceptors (Lipinski definition) is 5. The number of amides is 2. The van der Waals surface area contributed by atoms with Crippen molar-refractivity contribution in [2.75, 3.05) is 45.9 Å². The Morgan fingerprint density at radius 2 is 1.86 bits per heavy atom. The molecule has 2 amide bonds. The third kappa shape index (κ3) is 5.92. The average Bonchev–Trinajstić information content (AvgIpc) is 2.70. The van der Waals surface area contributed by atoms with Crippen LogP contribution in [-0.4, -0.2) is 73.7 Å². The molecule has 29 heavy (non-hydrogen) atoms. The molecule has 1 aromatic rings. The predicted molar refractivity (Wildman–Crippen MR) is 113 cm³/mol. The lowest BCUT2D eigenvalue weighted by Crippen LogP contribution is -2.53. The van der Waals surface area contributed by atoms with Gasteiger partial charge in [0.25, 0.3) is 0 Å². The number of carbonyl (C=O) groups excluding carboxylic acids is 2. The van der Waals surface area contributed by atoms with Crippen molar-refractivity contribution >= 4 is 18.1 Å². The van der Waals surface area contributed by atoms with Crippen LogP contribution in [-0.2, 0) is 9.53 Å². The molecule has 156 valence electrons. The molecule has 2 heterocycles. The quantitative estimate of drug-likeness (QED) is 0.686. The minimum atomic E-state index is -0.368. The van der Waals surface area contributed by atoms with Crippen molar-refractivity contribution in [3.8, 4) is 0 Å². The maximum absolute atomic E-state index is 12.3. The van der Waals surface area contributed by atoms with E-state index in [1.807, 2.05) is 25.1 Å². The van der Waals surface area contributed by atoms with Crippen molar-refractivity contribution in [1.29, 1.82) is 0 Å². The molecule has 0 spiro atoms. The van der Waals surface area contributed by atoms with Crippen LogP contribution < -0.4 is 10.6 Å². The van der Waals surface area contributed by atoms with Gasteiger partial charge in [0.1, 0.15) is 0 Å². The summed E-state index contributed by atoms with van der Waals surface area (Å²) in [5.41, 5.74) is 2.37. The van der Waals surface area contributed by atoms with Crippen LogP contribution in [0.1, 0.15) is 19.4 Å². The fourth-order valence-electron chi connectivity index (χ4n) is 3.66. The summed E-state index contributed by atoms with van der Waals surface area (Å²) in [5, 5.41) is 5.55. The summed E-state index contributed by atoms with van der Waals surface area (Å²) >= 11 is 0. The molecule has 1 fully saturated rings. The predicted octanol–water partition coefficient (Wildman–Crippen LogP) is 1.84. The maximum atomic E-state index is 12.3. The molecule has 1 atom stereocenters. The topological polar surface area (TPSA) is 73.9 Å². The van der Waals surface area contributed by atoms with Gasteiger partial charge in [0, 0.05) is 45.0 Å². The Kier molecular flexibility index (Phi) is 7.43. The van der Waals surface area contributed by atoms with E-state index in [4.69, 9.17) is 4.74 Å². The van der Waals surface area contributed by atoms with Gasteiger partial charge < -0.3 is 15.4 Å². The molecule has 0 saturated carbocycles. The second kappa shape index (κ2) is 10.2. The third-order valence-electron chi connectivity index (χ3n) is 5.19. The van der Waals surface area contributed by atoms with Crippen molar-refractivity contribution in [3.63, 3.8) is 0 Å². The van der Waals surface area contributed by atoms with Crippen LogP contribution in [0.2, 0.25) is 0 Å². The van der Waals surface area contributed by atoms with Crippen molar-refractivity contribution in [3.05, 3.63) is 53.2 Å². The lowest BCUT2D eigenvalue weighted by molar-refractivity contribution is -0.139. The molecule has 0 aromatic heterocycles. The standard InChI is InChI=1S/C22H30N4O3/c1-3-29-21(27)20-17(2)23-22(28)24-19(20)16-26-14-12-25(13-15-26)11-7-10-18-8-5-4-6-9-18/h4-10,17H,3,11-16H2,1-2H3,(H2,23,24,28)/b10-7+. The highest BCUT2D eigenvalue weighted by molar-refractivity contribution is 5.94. The number of ether oxygens (including phenoxy) is 1. The Labute approximate surface area is 172 Å². The van der Waals surface area contributed by atoms with Crippen LogP contribution in [0.15, 0.2) is 47.7 Å². The molecule has 0 aliphatic carbocycles. The van der Waals surface area contributed by atoms with E-state index in [9.17, 15) is 9.59 Å². The summed E-state index contributed by atoms with van der Waals surface area (Å²) in [7, 11) is 0. The largest absolute Gasteiger partial charge is 0.463 e. The van der Waals surface area contributed by atoms with Gasteiger partial charge in [0.2, 0.25) is 0 Å². The number of piperazine rings is 1. The second-order valence-electron chi connectivity index (χ2n) is 7.32. The summed E-state index contributed by atoms with van der Waals surface area (Å²) in [5.74, 6) is -0.368. The molecular weight excluding hydrogens is 368 g/mol. The zero-order valence-electron chi connectivity index (χ0n) is 17.2. The van der Waals surface area contributed by atoms with Crippen LogP contribution in [0.3, 0.4) is 0 Å². The third-order valence-corrected chi connectivity index (χ3v) is 5.19. The monoisotopic (exact) mass is 398 g/mol. The van der Waals surface area contributed by atoms with Crippen LogP contribution in [0.5, 0.6) is 0 Å². The maximum Gasteiger partial charge on any atom is 0.337 e. The first-order valence-electron chi connectivity index (χ1n) is 10.2.